The van der Waals surface area contributed by atoms with Crippen molar-refractivity contribution in [3.05, 3.63) is 29.8 Å². The Labute approximate surface area is 106 Å². The summed E-state index contributed by atoms with van der Waals surface area (Å²) in [4.78, 5) is 23.1. The van der Waals surface area contributed by atoms with Crippen LogP contribution in [0.4, 0.5) is 5.69 Å². The topological polar surface area (TPSA) is 81.4 Å². The van der Waals surface area contributed by atoms with Crippen LogP contribution in [0.2, 0.25) is 0 Å². The summed E-state index contributed by atoms with van der Waals surface area (Å²) in [5.74, 6) is -0.674. The molecule has 0 spiro atoms. The normalized spacial score (nSPS) is 11.7. The molecule has 0 aliphatic heterocycles. The van der Waals surface area contributed by atoms with E-state index in [-0.39, 0.29) is 5.91 Å². The lowest BCUT2D eigenvalue weighted by atomic mass is 10.2. The first-order valence-electron chi connectivity index (χ1n) is 5.92. The van der Waals surface area contributed by atoms with Crippen molar-refractivity contribution < 1.29 is 14.3 Å². The Morgan fingerprint density at radius 3 is 2.72 bits per heavy atom. The van der Waals surface area contributed by atoms with Gasteiger partial charge in [0.1, 0.15) is 0 Å². The molecule has 1 rings (SSSR count). The molecule has 1 amide bonds. The van der Waals surface area contributed by atoms with Gasteiger partial charge >= 0.3 is 5.97 Å². The molecule has 0 radical (unpaired) electrons. The number of rotatable bonds is 5. The van der Waals surface area contributed by atoms with Crippen molar-refractivity contribution in [1.82, 2.24) is 0 Å². The maximum Gasteiger partial charge on any atom is 0.338 e. The highest BCUT2D eigenvalue weighted by atomic mass is 16.5. The van der Waals surface area contributed by atoms with Crippen molar-refractivity contribution >= 4 is 17.6 Å². The molecule has 18 heavy (non-hydrogen) atoms. The van der Waals surface area contributed by atoms with Gasteiger partial charge in [-0.05, 0) is 31.5 Å². The minimum absolute atomic E-state index is 0.265. The Hall–Kier alpha value is -1.88. The van der Waals surface area contributed by atoms with Gasteiger partial charge in [-0.3, -0.25) is 4.79 Å². The van der Waals surface area contributed by atoms with Crippen LogP contribution in [-0.2, 0) is 9.53 Å². The van der Waals surface area contributed by atoms with E-state index in [9.17, 15) is 9.59 Å². The molecule has 5 nitrogen and oxygen atoms in total. The second kappa shape index (κ2) is 6.76. The lowest BCUT2D eigenvalue weighted by Crippen LogP contribution is -2.34. The van der Waals surface area contributed by atoms with E-state index >= 15 is 0 Å². The average molecular weight is 250 g/mol. The second-order valence-electron chi connectivity index (χ2n) is 3.81. The molecule has 5 heteroatoms. The first kappa shape index (κ1) is 14.2. The van der Waals surface area contributed by atoms with E-state index in [4.69, 9.17) is 10.5 Å². The van der Waals surface area contributed by atoms with Crippen LogP contribution in [0.1, 0.15) is 30.6 Å². The van der Waals surface area contributed by atoms with Crippen molar-refractivity contribution in [1.29, 1.82) is 0 Å². The molecule has 98 valence electrons. The molecule has 0 aliphatic carbocycles. The monoisotopic (exact) mass is 250 g/mol. The SMILES string of the molecule is CCOC(=O)c1cccc(NC(=O)C(N)CC)c1. The molecule has 1 aromatic carbocycles. The summed E-state index contributed by atoms with van der Waals surface area (Å²) >= 11 is 0. The molecule has 0 saturated heterocycles. The van der Waals surface area contributed by atoms with Crippen LogP contribution in [0, 0.1) is 0 Å². The first-order chi connectivity index (χ1) is 8.58. The van der Waals surface area contributed by atoms with Crippen LogP contribution in [-0.4, -0.2) is 24.5 Å². The highest BCUT2D eigenvalue weighted by molar-refractivity contribution is 5.96. The maximum absolute atomic E-state index is 11.6. The minimum Gasteiger partial charge on any atom is -0.462 e. The van der Waals surface area contributed by atoms with Crippen molar-refractivity contribution in [2.24, 2.45) is 5.73 Å². The van der Waals surface area contributed by atoms with Gasteiger partial charge in [0.15, 0.2) is 0 Å². The summed E-state index contributed by atoms with van der Waals surface area (Å²) in [6, 6.07) is 6.03. The summed E-state index contributed by atoms with van der Waals surface area (Å²) < 4.78 is 4.88. The zero-order valence-electron chi connectivity index (χ0n) is 10.6. The molecular weight excluding hydrogens is 232 g/mol. The van der Waals surface area contributed by atoms with Gasteiger partial charge in [-0.25, -0.2) is 4.79 Å². The van der Waals surface area contributed by atoms with Crippen LogP contribution in [0.3, 0.4) is 0 Å². The van der Waals surface area contributed by atoms with Crippen LogP contribution in [0.15, 0.2) is 24.3 Å². The number of hydrogen-bond acceptors (Lipinski definition) is 4. The predicted octanol–water partition coefficient (Wildman–Crippen LogP) is 1.54. The number of amides is 1. The van der Waals surface area contributed by atoms with Crippen molar-refractivity contribution in [2.75, 3.05) is 11.9 Å². The molecule has 3 N–H and O–H groups in total. The number of esters is 1. The van der Waals surface area contributed by atoms with E-state index in [0.717, 1.165) is 0 Å². The van der Waals surface area contributed by atoms with Crippen molar-refractivity contribution in [3.63, 3.8) is 0 Å². The lowest BCUT2D eigenvalue weighted by Gasteiger charge is -2.10. The van der Waals surface area contributed by atoms with Gasteiger partial charge in [0, 0.05) is 5.69 Å². The van der Waals surface area contributed by atoms with Crippen molar-refractivity contribution in [2.45, 2.75) is 26.3 Å². The largest absolute Gasteiger partial charge is 0.462 e. The van der Waals surface area contributed by atoms with Gasteiger partial charge in [0.25, 0.3) is 0 Å². The Balaban J connectivity index is 2.76. The number of benzene rings is 1. The predicted molar refractivity (Wildman–Crippen MR) is 69.3 cm³/mol. The molecule has 0 saturated carbocycles. The van der Waals surface area contributed by atoms with Crippen molar-refractivity contribution in [3.8, 4) is 0 Å². The summed E-state index contributed by atoms with van der Waals surface area (Å²) in [6.07, 6.45) is 0.559. The number of carbonyl (C=O) groups is 2. The van der Waals surface area contributed by atoms with Gasteiger partial charge in [-0.15, -0.1) is 0 Å². The van der Waals surface area contributed by atoms with Gasteiger partial charge in [-0.1, -0.05) is 13.0 Å². The van der Waals surface area contributed by atoms with Gasteiger partial charge < -0.3 is 15.8 Å². The quantitative estimate of drug-likeness (QED) is 0.777. The second-order valence-corrected chi connectivity index (χ2v) is 3.81. The summed E-state index contributed by atoms with van der Waals surface area (Å²) in [5, 5.41) is 2.66. The van der Waals surface area contributed by atoms with Gasteiger partial charge in [0.05, 0.1) is 18.2 Å². The Morgan fingerprint density at radius 2 is 2.11 bits per heavy atom. The fraction of sp³-hybridized carbons (Fsp3) is 0.385. The third-order valence-corrected chi connectivity index (χ3v) is 2.42. The highest BCUT2D eigenvalue weighted by Gasteiger charge is 2.12. The van der Waals surface area contributed by atoms with E-state index in [1.165, 1.54) is 0 Å². The van der Waals surface area contributed by atoms with E-state index in [1.807, 2.05) is 6.92 Å². The molecular formula is C13H18N2O3. The number of anilines is 1. The van der Waals surface area contributed by atoms with Gasteiger partial charge in [-0.2, -0.15) is 0 Å². The molecule has 0 bridgehead atoms. The highest BCUT2D eigenvalue weighted by Crippen LogP contribution is 2.12. The number of nitrogens with two attached hydrogens (primary N) is 1. The maximum atomic E-state index is 11.6. The Kier molecular flexibility index (Phi) is 5.32. The number of hydrogen-bond donors (Lipinski definition) is 2. The average Bonchev–Trinajstić information content (AvgIpc) is 2.38. The third kappa shape index (κ3) is 3.85. The van der Waals surface area contributed by atoms with Crippen LogP contribution in [0.25, 0.3) is 0 Å². The van der Waals surface area contributed by atoms with Gasteiger partial charge in [0.2, 0.25) is 5.91 Å². The third-order valence-electron chi connectivity index (χ3n) is 2.42. The molecule has 0 aliphatic rings. The number of carbonyl (C=O) groups excluding carboxylic acids is 2. The summed E-state index contributed by atoms with van der Waals surface area (Å²) in [7, 11) is 0. The zero-order chi connectivity index (χ0) is 13.5. The van der Waals surface area contributed by atoms with E-state index in [0.29, 0.717) is 24.3 Å². The minimum atomic E-state index is -0.545. The summed E-state index contributed by atoms with van der Waals surface area (Å²) in [6.45, 7) is 3.89. The molecule has 0 aromatic heterocycles. The summed E-state index contributed by atoms with van der Waals surface area (Å²) in [5.41, 5.74) is 6.55. The Bertz CT molecular complexity index is 432. The fourth-order valence-corrected chi connectivity index (χ4v) is 1.36. The van der Waals surface area contributed by atoms with E-state index < -0.39 is 12.0 Å². The smallest absolute Gasteiger partial charge is 0.338 e. The first-order valence-corrected chi connectivity index (χ1v) is 5.92. The number of ether oxygens (including phenoxy) is 1. The standard InChI is InChI=1S/C13H18N2O3/c1-3-11(14)12(16)15-10-7-5-6-9(8-10)13(17)18-4-2/h5-8,11H,3-4,14H2,1-2H3,(H,15,16). The fourth-order valence-electron chi connectivity index (χ4n) is 1.36. The van der Waals surface area contributed by atoms with E-state index in [2.05, 4.69) is 5.32 Å². The van der Waals surface area contributed by atoms with E-state index in [1.54, 1.807) is 31.2 Å². The molecule has 1 aromatic rings. The van der Waals surface area contributed by atoms with Crippen LogP contribution >= 0.6 is 0 Å². The molecule has 1 atom stereocenters. The molecule has 1 unspecified atom stereocenters. The Morgan fingerprint density at radius 1 is 1.39 bits per heavy atom. The molecule has 0 heterocycles. The van der Waals surface area contributed by atoms with Crippen LogP contribution in [0.5, 0.6) is 0 Å². The lowest BCUT2D eigenvalue weighted by molar-refractivity contribution is -0.117. The number of nitrogens with one attached hydrogen (secondary N) is 1. The zero-order valence-corrected chi connectivity index (χ0v) is 10.6. The van der Waals surface area contributed by atoms with Crippen LogP contribution < -0.4 is 11.1 Å². The molecule has 0 fully saturated rings.